The Hall–Kier alpha value is -2.63. The van der Waals surface area contributed by atoms with E-state index < -0.39 is 0 Å². The highest BCUT2D eigenvalue weighted by Gasteiger charge is 2.27. The number of aromatic nitrogens is 1. The van der Waals surface area contributed by atoms with Crippen LogP contribution in [0.2, 0.25) is 0 Å². The van der Waals surface area contributed by atoms with E-state index in [1.54, 1.807) is 18.1 Å². The topological polar surface area (TPSA) is 75.4 Å². The first-order valence-corrected chi connectivity index (χ1v) is 8.19. The molecule has 1 atom stereocenters. The zero-order valence-corrected chi connectivity index (χ0v) is 13.7. The second-order valence-electron chi connectivity index (χ2n) is 5.97. The van der Waals surface area contributed by atoms with Crippen LogP contribution >= 0.6 is 0 Å². The van der Waals surface area contributed by atoms with Gasteiger partial charge in [0.25, 0.3) is 6.01 Å². The summed E-state index contributed by atoms with van der Waals surface area (Å²) >= 11 is 0. The van der Waals surface area contributed by atoms with E-state index in [2.05, 4.69) is 10.3 Å². The Morgan fingerprint density at radius 3 is 2.88 bits per heavy atom. The van der Waals surface area contributed by atoms with Crippen LogP contribution in [0.4, 0.5) is 11.7 Å². The van der Waals surface area contributed by atoms with Crippen LogP contribution in [0.25, 0.3) is 0 Å². The Morgan fingerprint density at radius 2 is 2.12 bits per heavy atom. The molecular formula is C18H21N3O3. The van der Waals surface area contributed by atoms with Crippen LogP contribution in [0, 0.1) is 0 Å². The molecule has 1 N–H and O–H groups in total. The summed E-state index contributed by atoms with van der Waals surface area (Å²) in [6.45, 7) is 0.0734. The molecule has 2 aromatic rings. The van der Waals surface area contributed by atoms with Gasteiger partial charge in [0.15, 0.2) is 0 Å². The Balaban J connectivity index is 1.57. The van der Waals surface area contributed by atoms with E-state index in [9.17, 15) is 9.59 Å². The summed E-state index contributed by atoms with van der Waals surface area (Å²) in [6, 6.07) is 9.69. The minimum Gasteiger partial charge on any atom is -0.428 e. The summed E-state index contributed by atoms with van der Waals surface area (Å²) < 4.78 is 5.62. The van der Waals surface area contributed by atoms with Gasteiger partial charge in [0.05, 0.1) is 18.7 Å². The van der Waals surface area contributed by atoms with E-state index in [1.807, 2.05) is 30.3 Å². The fraction of sp³-hybridized carbons (Fsp3) is 0.389. The lowest BCUT2D eigenvalue weighted by Crippen LogP contribution is -2.32. The Labute approximate surface area is 140 Å². The molecule has 1 saturated carbocycles. The highest BCUT2D eigenvalue weighted by Crippen LogP contribution is 2.31. The molecular weight excluding hydrogens is 306 g/mol. The fourth-order valence-electron chi connectivity index (χ4n) is 2.88. The number of ketones is 1. The zero-order chi connectivity index (χ0) is 16.9. The quantitative estimate of drug-likeness (QED) is 0.914. The minimum atomic E-state index is -0.190. The smallest absolute Gasteiger partial charge is 0.295 e. The van der Waals surface area contributed by atoms with Crippen molar-refractivity contribution >= 4 is 23.4 Å². The van der Waals surface area contributed by atoms with Gasteiger partial charge < -0.3 is 14.6 Å². The van der Waals surface area contributed by atoms with Gasteiger partial charge in [-0.1, -0.05) is 24.6 Å². The molecule has 24 heavy (non-hydrogen) atoms. The second kappa shape index (κ2) is 7.29. The number of carbonyl (C=O) groups excluding carboxylic acids is 2. The Bertz CT molecular complexity index is 711. The van der Waals surface area contributed by atoms with E-state index in [-0.39, 0.29) is 30.2 Å². The average Bonchev–Trinajstić information content (AvgIpc) is 3.09. The van der Waals surface area contributed by atoms with Crippen LogP contribution in [-0.4, -0.2) is 30.3 Å². The highest BCUT2D eigenvalue weighted by atomic mass is 16.4. The number of anilines is 2. The number of rotatable bonds is 5. The first-order chi connectivity index (χ1) is 11.6. The molecule has 0 spiro atoms. The van der Waals surface area contributed by atoms with E-state index in [1.165, 1.54) is 0 Å². The van der Waals surface area contributed by atoms with Crippen molar-refractivity contribution in [2.24, 2.45) is 0 Å². The summed E-state index contributed by atoms with van der Waals surface area (Å²) in [6.07, 6.45) is 4.98. The standard InChI is InChI=1S/C18H21N3O3/c1-21(13-7-3-2-4-8-13)17(23)12-20-18-19-11-16(24-18)14-9-5-6-10-15(14)22/h2-4,7-8,11,14H,5-6,9-10,12H2,1H3,(H,19,20). The molecule has 1 aliphatic carbocycles. The molecule has 0 aliphatic heterocycles. The molecule has 1 heterocycles. The third-order valence-corrected chi connectivity index (χ3v) is 4.33. The first-order valence-electron chi connectivity index (χ1n) is 8.19. The minimum absolute atomic E-state index is 0.0734. The van der Waals surface area contributed by atoms with Gasteiger partial charge in [-0.15, -0.1) is 0 Å². The molecule has 0 bridgehead atoms. The predicted octanol–water partition coefficient (Wildman–Crippen LogP) is 2.98. The van der Waals surface area contributed by atoms with Gasteiger partial charge in [-0.25, -0.2) is 4.98 Å². The maximum Gasteiger partial charge on any atom is 0.295 e. The number of carbonyl (C=O) groups is 2. The number of Topliss-reactive ketones (excluding diaryl/α,β-unsaturated/α-hetero) is 1. The number of hydrogen-bond acceptors (Lipinski definition) is 5. The monoisotopic (exact) mass is 327 g/mol. The van der Waals surface area contributed by atoms with Gasteiger partial charge in [-0.2, -0.15) is 0 Å². The van der Waals surface area contributed by atoms with Crippen molar-refractivity contribution in [2.75, 3.05) is 23.8 Å². The van der Waals surface area contributed by atoms with Crippen LogP contribution in [0.1, 0.15) is 37.4 Å². The number of benzene rings is 1. The van der Waals surface area contributed by atoms with Gasteiger partial charge in [-0.3, -0.25) is 9.59 Å². The van der Waals surface area contributed by atoms with Gasteiger partial charge >= 0.3 is 0 Å². The summed E-state index contributed by atoms with van der Waals surface area (Å²) in [4.78, 5) is 29.9. The van der Waals surface area contributed by atoms with E-state index in [0.717, 1.165) is 24.9 Å². The second-order valence-corrected chi connectivity index (χ2v) is 5.97. The van der Waals surface area contributed by atoms with E-state index in [4.69, 9.17) is 4.42 Å². The summed E-state index contributed by atoms with van der Waals surface area (Å²) in [5, 5.41) is 2.89. The molecule has 0 radical (unpaired) electrons. The Morgan fingerprint density at radius 1 is 1.33 bits per heavy atom. The van der Waals surface area contributed by atoms with Crippen LogP contribution in [0.3, 0.4) is 0 Å². The van der Waals surface area contributed by atoms with Gasteiger partial charge in [0, 0.05) is 19.2 Å². The van der Waals surface area contributed by atoms with Crippen LogP contribution in [-0.2, 0) is 9.59 Å². The molecule has 1 amide bonds. The van der Waals surface area contributed by atoms with Crippen molar-refractivity contribution in [3.8, 4) is 0 Å². The third kappa shape index (κ3) is 3.64. The summed E-state index contributed by atoms with van der Waals surface area (Å²) in [5.74, 6) is 0.508. The van der Waals surface area contributed by atoms with Crippen molar-refractivity contribution in [1.82, 2.24) is 4.98 Å². The third-order valence-electron chi connectivity index (χ3n) is 4.33. The molecule has 1 aromatic heterocycles. The van der Waals surface area contributed by atoms with Gasteiger partial charge in [0.2, 0.25) is 5.91 Å². The van der Waals surface area contributed by atoms with Crippen LogP contribution in [0.5, 0.6) is 0 Å². The SMILES string of the molecule is CN(C(=O)CNc1ncc(C2CCCCC2=O)o1)c1ccccc1. The lowest BCUT2D eigenvalue weighted by molar-refractivity contribution is -0.122. The molecule has 6 heteroatoms. The molecule has 3 rings (SSSR count). The highest BCUT2D eigenvalue weighted by molar-refractivity contribution is 5.95. The van der Waals surface area contributed by atoms with Crippen LogP contribution in [0.15, 0.2) is 40.9 Å². The lowest BCUT2D eigenvalue weighted by atomic mass is 9.87. The molecule has 1 fully saturated rings. The maximum absolute atomic E-state index is 12.2. The van der Waals surface area contributed by atoms with Crippen molar-refractivity contribution < 1.29 is 14.0 Å². The zero-order valence-electron chi connectivity index (χ0n) is 13.7. The van der Waals surface area contributed by atoms with Crippen molar-refractivity contribution in [2.45, 2.75) is 31.6 Å². The van der Waals surface area contributed by atoms with Gasteiger partial charge in [0.1, 0.15) is 11.5 Å². The molecule has 1 aliphatic rings. The first kappa shape index (κ1) is 16.2. The number of likely N-dealkylation sites (N-methyl/N-ethyl adjacent to an activating group) is 1. The average molecular weight is 327 g/mol. The molecule has 1 unspecified atom stereocenters. The molecule has 0 saturated heterocycles. The molecule has 1 aromatic carbocycles. The number of nitrogens with one attached hydrogen (secondary N) is 1. The molecule has 126 valence electrons. The van der Waals surface area contributed by atoms with Crippen molar-refractivity contribution in [3.05, 3.63) is 42.3 Å². The number of hydrogen-bond donors (Lipinski definition) is 1. The van der Waals surface area contributed by atoms with E-state index in [0.29, 0.717) is 12.2 Å². The number of amides is 1. The number of para-hydroxylation sites is 1. The fourth-order valence-corrected chi connectivity index (χ4v) is 2.88. The normalized spacial score (nSPS) is 17.5. The lowest BCUT2D eigenvalue weighted by Gasteiger charge is -2.18. The van der Waals surface area contributed by atoms with E-state index >= 15 is 0 Å². The summed E-state index contributed by atoms with van der Waals surface area (Å²) in [5.41, 5.74) is 0.824. The molecule has 6 nitrogen and oxygen atoms in total. The van der Waals surface area contributed by atoms with Crippen LogP contribution < -0.4 is 10.2 Å². The number of nitrogens with zero attached hydrogens (tertiary/aromatic N) is 2. The Kier molecular flexibility index (Phi) is 4.93. The van der Waals surface area contributed by atoms with Gasteiger partial charge in [-0.05, 0) is 25.0 Å². The van der Waals surface area contributed by atoms with Crippen molar-refractivity contribution in [3.63, 3.8) is 0 Å². The predicted molar refractivity (Wildman–Crippen MR) is 91.1 cm³/mol. The van der Waals surface area contributed by atoms with Crippen molar-refractivity contribution in [1.29, 1.82) is 0 Å². The maximum atomic E-state index is 12.2. The summed E-state index contributed by atoms with van der Waals surface area (Å²) in [7, 11) is 1.72. The number of oxazole rings is 1. The largest absolute Gasteiger partial charge is 0.428 e.